The highest BCUT2D eigenvalue weighted by atomic mass is 19.1. The molecule has 4 aromatic rings. The molecule has 164 valence electrons. The van der Waals surface area contributed by atoms with Gasteiger partial charge in [0.15, 0.2) is 0 Å². The number of aromatic carboxylic acids is 1. The fourth-order valence-corrected chi connectivity index (χ4v) is 4.34. The maximum Gasteiger partial charge on any atom is 0.338 e. The first-order valence-corrected chi connectivity index (χ1v) is 10.7. The fraction of sp³-hybridized carbons (Fsp3) is 0.292. The molecule has 32 heavy (non-hydrogen) atoms. The zero-order valence-electron chi connectivity index (χ0n) is 17.7. The Kier molecular flexibility index (Phi) is 5.22. The number of imidazole rings is 1. The predicted octanol–water partition coefficient (Wildman–Crippen LogP) is 4.20. The summed E-state index contributed by atoms with van der Waals surface area (Å²) in [7, 11) is 0. The number of aromatic nitrogens is 3. The summed E-state index contributed by atoms with van der Waals surface area (Å²) in [6, 6.07) is 10.1. The van der Waals surface area contributed by atoms with Crippen molar-refractivity contribution >= 4 is 33.6 Å². The molecule has 1 saturated heterocycles. The minimum atomic E-state index is -1.01. The summed E-state index contributed by atoms with van der Waals surface area (Å²) < 4.78 is 21.3. The van der Waals surface area contributed by atoms with E-state index < -0.39 is 5.97 Å². The van der Waals surface area contributed by atoms with Gasteiger partial charge in [0.2, 0.25) is 0 Å². The summed E-state index contributed by atoms with van der Waals surface area (Å²) in [5, 5.41) is 10.7. The van der Waals surface area contributed by atoms with Crippen LogP contribution in [0.1, 0.15) is 29.5 Å². The number of carboxylic acid groups (broad SMARTS) is 1. The third-order valence-corrected chi connectivity index (χ3v) is 5.82. The molecule has 5 rings (SSSR count). The van der Waals surface area contributed by atoms with Crippen molar-refractivity contribution in [1.82, 2.24) is 14.5 Å². The molecule has 0 spiro atoms. The third-order valence-electron chi connectivity index (χ3n) is 5.82. The molecule has 8 heteroatoms. The van der Waals surface area contributed by atoms with Gasteiger partial charge in [-0.2, -0.15) is 0 Å². The van der Waals surface area contributed by atoms with Crippen molar-refractivity contribution in [2.24, 2.45) is 0 Å². The lowest BCUT2D eigenvalue weighted by atomic mass is 10.1. The number of hydrogen-bond acceptors (Lipinski definition) is 5. The van der Waals surface area contributed by atoms with Crippen molar-refractivity contribution in [3.8, 4) is 5.69 Å². The second kappa shape index (κ2) is 8.20. The monoisotopic (exact) mass is 434 g/mol. The second-order valence-corrected chi connectivity index (χ2v) is 7.87. The number of fused-ring (bicyclic) bond motifs is 2. The number of carbonyl (C=O) groups is 1. The number of benzene rings is 2. The van der Waals surface area contributed by atoms with Crippen molar-refractivity contribution in [3.63, 3.8) is 0 Å². The number of anilines is 1. The lowest BCUT2D eigenvalue weighted by Crippen LogP contribution is -2.36. The van der Waals surface area contributed by atoms with E-state index in [4.69, 9.17) is 9.72 Å². The molecule has 1 aliphatic rings. The van der Waals surface area contributed by atoms with E-state index in [9.17, 15) is 14.3 Å². The Labute approximate surface area is 184 Å². The molecule has 1 aliphatic heterocycles. The Bertz CT molecular complexity index is 1330. The Balaban J connectivity index is 1.82. The molecule has 3 heterocycles. The van der Waals surface area contributed by atoms with Crippen molar-refractivity contribution in [2.75, 3.05) is 31.2 Å². The van der Waals surface area contributed by atoms with Gasteiger partial charge in [-0.1, -0.05) is 6.92 Å². The molecule has 0 unspecified atom stereocenters. The number of morpholine rings is 1. The molecule has 0 amide bonds. The lowest BCUT2D eigenvalue weighted by Gasteiger charge is -2.29. The average Bonchev–Trinajstić information content (AvgIpc) is 3.16. The van der Waals surface area contributed by atoms with Gasteiger partial charge in [0.05, 0.1) is 35.5 Å². The second-order valence-electron chi connectivity index (χ2n) is 7.87. The van der Waals surface area contributed by atoms with Crippen LogP contribution in [0.3, 0.4) is 0 Å². The Morgan fingerprint density at radius 3 is 2.75 bits per heavy atom. The standard InChI is InChI=1S/C24H23FN4O3/c1-2-3-22-27-23-18(24(30)31)13-16(28-8-10-32-11-9-28)14-21(23)29(22)20-6-7-26-19-12-15(25)4-5-17(19)20/h4-7,12-14H,2-3,8-11H2,1H3,(H,30,31). The summed E-state index contributed by atoms with van der Waals surface area (Å²) in [5.41, 5.74) is 3.50. The van der Waals surface area contributed by atoms with Gasteiger partial charge in [0.1, 0.15) is 17.2 Å². The highest BCUT2D eigenvalue weighted by molar-refractivity contribution is 6.04. The lowest BCUT2D eigenvalue weighted by molar-refractivity contribution is 0.0699. The minimum absolute atomic E-state index is 0.171. The quantitative estimate of drug-likeness (QED) is 0.507. The summed E-state index contributed by atoms with van der Waals surface area (Å²) in [6.07, 6.45) is 3.16. The summed E-state index contributed by atoms with van der Waals surface area (Å²) in [4.78, 5) is 23.4. The zero-order valence-corrected chi connectivity index (χ0v) is 17.7. The Morgan fingerprint density at radius 2 is 2.00 bits per heavy atom. The van der Waals surface area contributed by atoms with Gasteiger partial charge in [0, 0.05) is 42.8 Å². The van der Waals surface area contributed by atoms with Crippen LogP contribution < -0.4 is 4.90 Å². The van der Waals surface area contributed by atoms with Crippen molar-refractivity contribution in [1.29, 1.82) is 0 Å². The molecule has 2 aromatic heterocycles. The SMILES string of the molecule is CCCc1nc2c(C(=O)O)cc(N3CCOCC3)cc2n1-c1ccnc2cc(F)ccc12. The highest BCUT2D eigenvalue weighted by Gasteiger charge is 2.23. The van der Waals surface area contributed by atoms with E-state index in [1.165, 1.54) is 12.1 Å². The smallest absolute Gasteiger partial charge is 0.338 e. The van der Waals surface area contributed by atoms with Crippen LogP contribution in [0.2, 0.25) is 0 Å². The molecule has 0 radical (unpaired) electrons. The fourth-order valence-electron chi connectivity index (χ4n) is 4.34. The van der Waals surface area contributed by atoms with E-state index in [2.05, 4.69) is 16.8 Å². The van der Waals surface area contributed by atoms with E-state index in [1.807, 2.05) is 16.7 Å². The molecule has 1 fully saturated rings. The van der Waals surface area contributed by atoms with Crippen molar-refractivity contribution in [2.45, 2.75) is 19.8 Å². The van der Waals surface area contributed by atoms with Crippen LogP contribution >= 0.6 is 0 Å². The number of rotatable bonds is 5. The number of aryl methyl sites for hydroxylation is 1. The highest BCUT2D eigenvalue weighted by Crippen LogP contribution is 2.33. The third kappa shape index (κ3) is 3.46. The van der Waals surface area contributed by atoms with Gasteiger partial charge < -0.3 is 14.7 Å². The number of nitrogens with zero attached hydrogens (tertiary/aromatic N) is 4. The van der Waals surface area contributed by atoms with Crippen LogP contribution in [-0.2, 0) is 11.2 Å². The van der Waals surface area contributed by atoms with Gasteiger partial charge >= 0.3 is 5.97 Å². The normalized spacial score (nSPS) is 14.4. The first-order chi connectivity index (χ1) is 15.6. The Hall–Kier alpha value is -3.52. The molecule has 0 aliphatic carbocycles. The molecule has 2 aromatic carbocycles. The van der Waals surface area contributed by atoms with Crippen molar-refractivity contribution < 1.29 is 19.0 Å². The largest absolute Gasteiger partial charge is 0.478 e. The van der Waals surface area contributed by atoms with Gasteiger partial charge in [0.25, 0.3) is 0 Å². The number of halogens is 1. The predicted molar refractivity (Wildman–Crippen MR) is 120 cm³/mol. The molecule has 1 N–H and O–H groups in total. The van der Waals surface area contributed by atoms with Crippen LogP contribution in [0.5, 0.6) is 0 Å². The van der Waals surface area contributed by atoms with E-state index in [0.29, 0.717) is 49.3 Å². The van der Waals surface area contributed by atoms with Crippen LogP contribution in [0.25, 0.3) is 27.6 Å². The van der Waals surface area contributed by atoms with Gasteiger partial charge in [-0.25, -0.2) is 14.2 Å². The van der Waals surface area contributed by atoms with Crippen LogP contribution in [0, 0.1) is 5.82 Å². The van der Waals surface area contributed by atoms with E-state index >= 15 is 0 Å². The molecular formula is C24H23FN4O3. The molecule has 7 nitrogen and oxygen atoms in total. The number of hydrogen-bond donors (Lipinski definition) is 1. The van der Waals surface area contributed by atoms with E-state index in [-0.39, 0.29) is 11.4 Å². The van der Waals surface area contributed by atoms with Crippen LogP contribution in [-0.4, -0.2) is 51.9 Å². The maximum atomic E-state index is 13.8. The summed E-state index contributed by atoms with van der Waals surface area (Å²) in [5.74, 6) is -0.602. The van der Waals surface area contributed by atoms with Gasteiger partial charge in [-0.15, -0.1) is 0 Å². The first kappa shape index (κ1) is 20.4. The van der Waals surface area contributed by atoms with Crippen LogP contribution in [0.4, 0.5) is 10.1 Å². The summed E-state index contributed by atoms with van der Waals surface area (Å²) >= 11 is 0. The number of pyridine rings is 1. The molecule has 0 saturated carbocycles. The first-order valence-electron chi connectivity index (χ1n) is 10.7. The van der Waals surface area contributed by atoms with E-state index in [1.54, 1.807) is 18.3 Å². The molecule has 0 bridgehead atoms. The summed E-state index contributed by atoms with van der Waals surface area (Å²) in [6.45, 7) is 4.64. The minimum Gasteiger partial charge on any atom is -0.478 e. The van der Waals surface area contributed by atoms with Gasteiger partial charge in [-0.05, 0) is 36.8 Å². The molecule has 0 atom stereocenters. The number of ether oxygens (including phenoxy) is 1. The molecular weight excluding hydrogens is 411 g/mol. The van der Waals surface area contributed by atoms with Gasteiger partial charge in [-0.3, -0.25) is 9.55 Å². The zero-order chi connectivity index (χ0) is 22.2. The van der Waals surface area contributed by atoms with E-state index in [0.717, 1.165) is 29.0 Å². The van der Waals surface area contributed by atoms with Crippen LogP contribution in [0.15, 0.2) is 42.6 Å². The topological polar surface area (TPSA) is 80.5 Å². The average molecular weight is 434 g/mol. The number of carboxylic acids is 1. The van der Waals surface area contributed by atoms with Crippen molar-refractivity contribution in [3.05, 3.63) is 59.8 Å². The maximum absolute atomic E-state index is 13.8. The Morgan fingerprint density at radius 1 is 1.19 bits per heavy atom.